The topological polar surface area (TPSA) is 75.2 Å². The van der Waals surface area contributed by atoms with E-state index in [1.165, 1.54) is 23.5 Å². The molecule has 2 fully saturated rings. The molecule has 0 bridgehead atoms. The summed E-state index contributed by atoms with van der Waals surface area (Å²) in [5.74, 6) is -0.400. The first-order valence-electron chi connectivity index (χ1n) is 11.6. The number of morpholine rings is 1. The van der Waals surface area contributed by atoms with Crippen molar-refractivity contribution in [2.45, 2.75) is 6.42 Å². The normalized spacial score (nSPS) is 18.9. The van der Waals surface area contributed by atoms with Crippen molar-refractivity contribution in [1.82, 2.24) is 9.88 Å². The van der Waals surface area contributed by atoms with Gasteiger partial charge in [0.25, 0.3) is 0 Å². The highest BCUT2D eigenvalue weighted by atomic mass is 32.1. The Balaban J connectivity index is 1.39. The number of aromatic nitrogens is 1. The standard InChI is InChI=1S/C25H27FN4O4S/c1-33-20-6-7-21-22(15-20)35-25(27-21)29(9-8-28-10-12-34-13-11-28)24(32)17-14-23(31)30(16-17)19-4-2-18(26)3-5-19/h2-7,15,17H,8-14,16H2,1H3. The zero-order chi connectivity index (χ0) is 24.4. The average molecular weight is 499 g/mol. The number of ether oxygens (including phenoxy) is 2. The van der Waals surface area contributed by atoms with Crippen LogP contribution >= 0.6 is 11.3 Å². The monoisotopic (exact) mass is 498 g/mol. The minimum absolute atomic E-state index is 0.114. The van der Waals surface area contributed by atoms with Gasteiger partial charge in [0.15, 0.2) is 5.13 Å². The molecule has 35 heavy (non-hydrogen) atoms. The van der Waals surface area contributed by atoms with Gasteiger partial charge >= 0.3 is 0 Å². The Morgan fingerprint density at radius 1 is 1.23 bits per heavy atom. The molecule has 1 aromatic heterocycles. The van der Waals surface area contributed by atoms with Gasteiger partial charge < -0.3 is 14.4 Å². The SMILES string of the molecule is COc1ccc2nc(N(CCN3CCOCC3)C(=O)C3CC(=O)N(c4ccc(F)cc4)C3)sc2c1. The van der Waals surface area contributed by atoms with Crippen LogP contribution in [0.5, 0.6) is 5.75 Å². The molecule has 0 spiro atoms. The van der Waals surface area contributed by atoms with E-state index in [4.69, 9.17) is 14.5 Å². The van der Waals surface area contributed by atoms with E-state index >= 15 is 0 Å². The van der Waals surface area contributed by atoms with Crippen molar-refractivity contribution in [3.63, 3.8) is 0 Å². The number of anilines is 2. The van der Waals surface area contributed by atoms with E-state index in [1.54, 1.807) is 29.0 Å². The molecule has 5 rings (SSSR count). The molecule has 1 atom stereocenters. The van der Waals surface area contributed by atoms with Crippen LogP contribution in [-0.4, -0.2) is 74.7 Å². The van der Waals surface area contributed by atoms with E-state index in [0.29, 0.717) is 37.1 Å². The predicted octanol–water partition coefficient (Wildman–Crippen LogP) is 3.16. The quantitative estimate of drug-likeness (QED) is 0.498. The third kappa shape index (κ3) is 5.14. The zero-order valence-corrected chi connectivity index (χ0v) is 20.3. The van der Waals surface area contributed by atoms with Gasteiger partial charge in [-0.1, -0.05) is 11.3 Å². The van der Waals surface area contributed by atoms with Crippen molar-refractivity contribution >= 4 is 44.2 Å². The fourth-order valence-corrected chi connectivity index (χ4v) is 5.49. The molecule has 184 valence electrons. The third-order valence-corrected chi connectivity index (χ3v) is 7.48. The Kier molecular flexibility index (Phi) is 6.94. The Morgan fingerprint density at radius 2 is 2.00 bits per heavy atom. The molecule has 2 saturated heterocycles. The Labute approximate surface area is 206 Å². The number of halogens is 1. The van der Waals surface area contributed by atoms with E-state index in [9.17, 15) is 14.0 Å². The highest BCUT2D eigenvalue weighted by Gasteiger charge is 2.38. The molecule has 3 aromatic rings. The Hall–Kier alpha value is -3.08. The van der Waals surface area contributed by atoms with Crippen LogP contribution in [0.3, 0.4) is 0 Å². The van der Waals surface area contributed by atoms with Gasteiger partial charge in [-0.3, -0.25) is 19.4 Å². The van der Waals surface area contributed by atoms with Gasteiger partial charge in [0.1, 0.15) is 11.6 Å². The molecule has 0 radical (unpaired) electrons. The number of carbonyl (C=O) groups excluding carboxylic acids is 2. The summed E-state index contributed by atoms with van der Waals surface area (Å²) in [4.78, 5) is 36.8. The number of hydrogen-bond donors (Lipinski definition) is 0. The second kappa shape index (κ2) is 10.3. The maximum Gasteiger partial charge on any atom is 0.234 e. The number of nitrogens with zero attached hydrogens (tertiary/aromatic N) is 4. The lowest BCUT2D eigenvalue weighted by Gasteiger charge is -2.30. The summed E-state index contributed by atoms with van der Waals surface area (Å²) in [5, 5.41) is 0.610. The van der Waals surface area contributed by atoms with E-state index in [1.807, 2.05) is 18.2 Å². The summed E-state index contributed by atoms with van der Waals surface area (Å²) in [6, 6.07) is 11.4. The molecular weight excluding hydrogens is 471 g/mol. The van der Waals surface area contributed by atoms with E-state index in [2.05, 4.69) is 4.90 Å². The zero-order valence-electron chi connectivity index (χ0n) is 19.5. The Morgan fingerprint density at radius 3 is 2.74 bits per heavy atom. The molecule has 1 unspecified atom stereocenters. The van der Waals surface area contributed by atoms with Crippen LogP contribution in [-0.2, 0) is 14.3 Å². The number of benzene rings is 2. The van der Waals surface area contributed by atoms with Crippen LogP contribution in [0.2, 0.25) is 0 Å². The van der Waals surface area contributed by atoms with Crippen molar-refractivity contribution in [2.24, 2.45) is 5.92 Å². The van der Waals surface area contributed by atoms with Crippen LogP contribution < -0.4 is 14.5 Å². The highest BCUT2D eigenvalue weighted by Crippen LogP contribution is 2.34. The van der Waals surface area contributed by atoms with Crippen molar-refractivity contribution in [2.75, 3.05) is 62.8 Å². The van der Waals surface area contributed by atoms with Crippen LogP contribution in [0.1, 0.15) is 6.42 Å². The smallest absolute Gasteiger partial charge is 0.234 e. The van der Waals surface area contributed by atoms with E-state index < -0.39 is 5.92 Å². The fraction of sp³-hybridized carbons (Fsp3) is 0.400. The van der Waals surface area contributed by atoms with Gasteiger partial charge in [-0.25, -0.2) is 9.37 Å². The summed E-state index contributed by atoms with van der Waals surface area (Å²) >= 11 is 1.44. The molecule has 0 N–H and O–H groups in total. The predicted molar refractivity (Wildman–Crippen MR) is 133 cm³/mol. The van der Waals surface area contributed by atoms with Gasteiger partial charge in [0.2, 0.25) is 11.8 Å². The molecule has 2 aromatic carbocycles. The number of methoxy groups -OCH3 is 1. The maximum absolute atomic E-state index is 13.8. The summed E-state index contributed by atoms with van der Waals surface area (Å²) in [7, 11) is 1.62. The molecule has 2 aliphatic heterocycles. The van der Waals surface area contributed by atoms with Crippen LogP contribution in [0, 0.1) is 11.7 Å². The first kappa shape index (κ1) is 23.7. The minimum Gasteiger partial charge on any atom is -0.497 e. The lowest BCUT2D eigenvalue weighted by atomic mass is 10.1. The van der Waals surface area contributed by atoms with Crippen molar-refractivity contribution in [3.05, 3.63) is 48.3 Å². The van der Waals surface area contributed by atoms with Gasteiger partial charge in [-0.15, -0.1) is 0 Å². The summed E-state index contributed by atoms with van der Waals surface area (Å²) in [6.07, 6.45) is 0.114. The van der Waals surface area contributed by atoms with Crippen molar-refractivity contribution in [3.8, 4) is 5.75 Å². The number of fused-ring (bicyclic) bond motifs is 1. The number of rotatable bonds is 7. The Bertz CT molecular complexity index is 1210. The summed E-state index contributed by atoms with van der Waals surface area (Å²) in [5.41, 5.74) is 1.39. The van der Waals surface area contributed by atoms with Gasteiger partial charge in [0.05, 0.1) is 36.5 Å². The van der Waals surface area contributed by atoms with Crippen LogP contribution in [0.25, 0.3) is 10.2 Å². The average Bonchev–Trinajstić information content (AvgIpc) is 3.48. The molecule has 10 heteroatoms. The van der Waals surface area contributed by atoms with E-state index in [0.717, 1.165) is 29.1 Å². The van der Waals surface area contributed by atoms with Crippen molar-refractivity contribution in [1.29, 1.82) is 0 Å². The first-order valence-corrected chi connectivity index (χ1v) is 12.5. The maximum atomic E-state index is 13.8. The fourth-order valence-electron chi connectivity index (χ4n) is 4.47. The van der Waals surface area contributed by atoms with Crippen LogP contribution in [0.15, 0.2) is 42.5 Å². The highest BCUT2D eigenvalue weighted by molar-refractivity contribution is 7.22. The van der Waals surface area contributed by atoms with E-state index in [-0.39, 0.29) is 30.6 Å². The van der Waals surface area contributed by atoms with Crippen molar-refractivity contribution < 1.29 is 23.5 Å². The van der Waals surface area contributed by atoms with Crippen LogP contribution in [0.4, 0.5) is 15.2 Å². The molecule has 0 saturated carbocycles. The molecular formula is C25H27FN4O4S. The number of thiazole rings is 1. The van der Waals surface area contributed by atoms with Gasteiger partial charge in [0, 0.05) is 44.8 Å². The lowest BCUT2D eigenvalue weighted by molar-refractivity contribution is -0.124. The molecule has 8 nitrogen and oxygen atoms in total. The largest absolute Gasteiger partial charge is 0.497 e. The summed E-state index contributed by atoms with van der Waals surface area (Å²) < 4.78 is 25.1. The number of hydrogen-bond acceptors (Lipinski definition) is 7. The molecule has 3 heterocycles. The second-order valence-corrected chi connectivity index (χ2v) is 9.66. The molecule has 2 amide bonds. The third-order valence-electron chi connectivity index (χ3n) is 6.44. The first-order chi connectivity index (χ1) is 17.0. The second-order valence-electron chi connectivity index (χ2n) is 8.66. The van der Waals surface area contributed by atoms with Gasteiger partial charge in [-0.2, -0.15) is 0 Å². The molecule has 0 aliphatic carbocycles. The lowest BCUT2D eigenvalue weighted by Crippen LogP contribution is -2.45. The summed E-state index contributed by atoms with van der Waals surface area (Å²) in [6.45, 7) is 4.42. The number of carbonyl (C=O) groups is 2. The van der Waals surface area contributed by atoms with Gasteiger partial charge in [-0.05, 0) is 42.5 Å². The molecule has 2 aliphatic rings. The minimum atomic E-state index is -0.501. The number of amides is 2.